The maximum atomic E-state index is 13.5. The Labute approximate surface area is 177 Å². The summed E-state index contributed by atoms with van der Waals surface area (Å²) in [7, 11) is 2.06. The van der Waals surface area contributed by atoms with Crippen molar-refractivity contribution < 1.29 is 14.3 Å². The Bertz CT molecular complexity index is 848. The maximum absolute atomic E-state index is 13.5. The number of nitrogens with zero attached hydrogens (tertiary/aromatic N) is 3. The molecule has 2 heterocycles. The molecule has 1 aliphatic heterocycles. The molecule has 0 amide bonds. The van der Waals surface area contributed by atoms with Crippen LogP contribution in [0.25, 0.3) is 0 Å². The third kappa shape index (κ3) is 6.27. The highest BCUT2D eigenvalue weighted by Gasteiger charge is 2.18. The normalized spacial score (nSPS) is 14.1. The van der Waals surface area contributed by atoms with E-state index in [0.717, 1.165) is 26.2 Å². The summed E-state index contributed by atoms with van der Waals surface area (Å²) in [6.07, 6.45) is 1.48. The highest BCUT2D eigenvalue weighted by molar-refractivity contribution is 7.79. The number of aromatic carboxylic acids is 1. The van der Waals surface area contributed by atoms with Crippen molar-refractivity contribution in [3.05, 3.63) is 51.9 Å². The highest BCUT2D eigenvalue weighted by atomic mass is 35.5. The lowest BCUT2D eigenvalue weighted by Crippen LogP contribution is -2.45. The molecule has 28 heavy (non-hydrogen) atoms. The van der Waals surface area contributed by atoms with Crippen molar-refractivity contribution >= 4 is 58.4 Å². The van der Waals surface area contributed by atoms with Gasteiger partial charge in [0.1, 0.15) is 0 Å². The first-order valence-corrected chi connectivity index (χ1v) is 9.52. The van der Waals surface area contributed by atoms with Crippen molar-refractivity contribution in [1.29, 1.82) is 0 Å². The molecule has 6 nitrogen and oxygen atoms in total. The zero-order valence-corrected chi connectivity index (χ0v) is 17.4. The van der Waals surface area contributed by atoms with Crippen LogP contribution in [0.4, 0.5) is 15.9 Å². The summed E-state index contributed by atoms with van der Waals surface area (Å²) >= 11 is 15.9. The molecule has 10 heteroatoms. The number of pyridine rings is 1. The topological polar surface area (TPSA) is 68.7 Å². The first-order valence-electron chi connectivity index (χ1n) is 8.29. The third-order valence-corrected chi connectivity index (χ3v) is 4.65. The molecule has 0 aliphatic carbocycles. The van der Waals surface area contributed by atoms with Gasteiger partial charge in [-0.05, 0) is 31.3 Å². The first-order chi connectivity index (χ1) is 13.3. The Morgan fingerprint density at radius 3 is 2.50 bits per heavy atom. The summed E-state index contributed by atoms with van der Waals surface area (Å²) in [5, 5.41) is 11.9. The summed E-state index contributed by atoms with van der Waals surface area (Å²) < 4.78 is 13.5. The highest BCUT2D eigenvalue weighted by Crippen LogP contribution is 2.21. The summed E-state index contributed by atoms with van der Waals surface area (Å²) in [4.78, 5) is 18.7. The van der Waals surface area contributed by atoms with Crippen LogP contribution in [0.1, 0.15) is 10.4 Å². The van der Waals surface area contributed by atoms with E-state index in [1.807, 2.05) is 4.90 Å². The summed E-state index contributed by atoms with van der Waals surface area (Å²) in [6.45, 7) is 3.48. The molecule has 0 saturated carbocycles. The molecule has 1 aromatic carbocycles. The van der Waals surface area contributed by atoms with Gasteiger partial charge in [-0.3, -0.25) is 0 Å². The van der Waals surface area contributed by atoms with E-state index < -0.39 is 5.97 Å². The van der Waals surface area contributed by atoms with Gasteiger partial charge in [0.25, 0.3) is 0 Å². The van der Waals surface area contributed by atoms with E-state index in [0.29, 0.717) is 16.5 Å². The molecular formula is C18H19Cl2FN4O2S. The van der Waals surface area contributed by atoms with Crippen LogP contribution in [-0.4, -0.2) is 59.7 Å². The van der Waals surface area contributed by atoms with Crippen molar-refractivity contribution in [2.24, 2.45) is 0 Å². The summed E-state index contributed by atoms with van der Waals surface area (Å²) in [6, 6.07) is 5.83. The van der Waals surface area contributed by atoms with Crippen LogP contribution in [0.3, 0.4) is 0 Å². The lowest BCUT2D eigenvalue weighted by Gasteiger charge is -2.33. The molecule has 0 unspecified atom stereocenters. The van der Waals surface area contributed by atoms with Gasteiger partial charge in [0.05, 0.1) is 21.1 Å². The molecule has 1 fully saturated rings. The van der Waals surface area contributed by atoms with E-state index in [9.17, 15) is 9.18 Å². The predicted octanol–water partition coefficient (Wildman–Crippen LogP) is 4.03. The van der Waals surface area contributed by atoms with Crippen LogP contribution in [0, 0.1) is 5.82 Å². The minimum Gasteiger partial charge on any atom is -0.478 e. The Hall–Kier alpha value is -2.00. The monoisotopic (exact) mass is 444 g/mol. The Morgan fingerprint density at radius 2 is 1.96 bits per heavy atom. The minimum atomic E-state index is -1.04. The molecule has 1 saturated heterocycles. The number of carboxylic acids is 1. The predicted molar refractivity (Wildman–Crippen MR) is 115 cm³/mol. The van der Waals surface area contributed by atoms with Crippen molar-refractivity contribution in [3.8, 4) is 0 Å². The van der Waals surface area contributed by atoms with Crippen LogP contribution in [0.15, 0.2) is 30.5 Å². The van der Waals surface area contributed by atoms with Gasteiger partial charge in [-0.25, -0.2) is 14.2 Å². The van der Waals surface area contributed by atoms with E-state index in [-0.39, 0.29) is 16.4 Å². The van der Waals surface area contributed by atoms with Crippen LogP contribution >= 0.6 is 35.4 Å². The molecule has 2 aromatic rings. The van der Waals surface area contributed by atoms with Gasteiger partial charge >= 0.3 is 5.97 Å². The van der Waals surface area contributed by atoms with Gasteiger partial charge in [-0.2, -0.15) is 0 Å². The van der Waals surface area contributed by atoms with Crippen LogP contribution in [0.5, 0.6) is 0 Å². The lowest BCUT2D eigenvalue weighted by atomic mass is 10.2. The second-order valence-corrected chi connectivity index (χ2v) is 7.09. The number of hydrogen-bond donors (Lipinski definition) is 2. The van der Waals surface area contributed by atoms with E-state index >= 15 is 0 Å². The molecule has 0 bridgehead atoms. The van der Waals surface area contributed by atoms with Crippen LogP contribution < -0.4 is 10.2 Å². The fourth-order valence-corrected chi connectivity index (χ4v) is 3.05. The van der Waals surface area contributed by atoms with Gasteiger partial charge in [0.2, 0.25) is 0 Å². The number of halogens is 3. The molecule has 0 radical (unpaired) electrons. The van der Waals surface area contributed by atoms with Gasteiger partial charge in [-0.1, -0.05) is 35.4 Å². The number of benzene rings is 1. The summed E-state index contributed by atoms with van der Waals surface area (Å²) in [5.41, 5.74) is 2.08. The average molecular weight is 445 g/mol. The number of nitrogens with one attached hydrogen (secondary N) is 1. The Balaban J connectivity index is 0.000000203. The number of anilines is 2. The largest absolute Gasteiger partial charge is 0.478 e. The fourth-order valence-electron chi connectivity index (χ4n) is 2.50. The molecular weight excluding hydrogens is 426 g/mol. The number of carbonyl (C=O) groups is 1. The molecule has 150 valence electrons. The number of piperazine rings is 1. The molecule has 3 rings (SSSR count). The van der Waals surface area contributed by atoms with Crippen molar-refractivity contribution in [3.63, 3.8) is 0 Å². The zero-order chi connectivity index (χ0) is 20.7. The second-order valence-electron chi connectivity index (χ2n) is 6.01. The van der Waals surface area contributed by atoms with Crippen LogP contribution in [0.2, 0.25) is 10.0 Å². The van der Waals surface area contributed by atoms with E-state index in [2.05, 4.69) is 34.5 Å². The van der Waals surface area contributed by atoms with Crippen molar-refractivity contribution in [2.45, 2.75) is 0 Å². The molecule has 0 atom stereocenters. The van der Waals surface area contributed by atoms with Gasteiger partial charge < -0.3 is 20.2 Å². The maximum Gasteiger partial charge on any atom is 0.337 e. The Morgan fingerprint density at radius 1 is 1.29 bits per heavy atom. The first kappa shape index (κ1) is 22.3. The SMILES string of the molecule is CN1CCN(c2ncc(Cl)cc2F)CC1.O=C(O)c1ccc(NC=S)cc1Cl. The number of rotatable bonds is 4. The molecule has 0 spiro atoms. The number of aromatic nitrogens is 1. The van der Waals surface area contributed by atoms with Crippen molar-refractivity contribution in [1.82, 2.24) is 9.88 Å². The van der Waals surface area contributed by atoms with E-state index in [1.165, 1.54) is 29.9 Å². The number of carboxylic acid groups (broad SMARTS) is 1. The van der Waals surface area contributed by atoms with E-state index in [1.54, 1.807) is 6.07 Å². The second kappa shape index (κ2) is 10.5. The number of likely N-dealkylation sites (N-methyl/N-ethyl adjacent to an activating group) is 1. The summed E-state index contributed by atoms with van der Waals surface area (Å²) in [5.74, 6) is -0.974. The van der Waals surface area contributed by atoms with E-state index in [4.69, 9.17) is 28.3 Å². The quantitative estimate of drug-likeness (QED) is 0.689. The minimum absolute atomic E-state index is 0.0802. The number of thiocarbonyl (C=S) groups is 1. The third-order valence-electron chi connectivity index (χ3n) is 4.02. The fraction of sp³-hybridized carbons (Fsp3) is 0.278. The standard InChI is InChI=1S/C10H13ClFN3.C8H6ClNO2S/c1-14-2-4-15(5-3-14)10-9(12)6-8(11)7-13-10;9-7-3-5(10-4-13)1-2-6(7)8(11)12/h6-7H,2-5H2,1H3;1-4H,(H,10,13)(H,11,12). The zero-order valence-electron chi connectivity index (χ0n) is 15.0. The molecule has 1 aromatic heterocycles. The van der Waals surface area contributed by atoms with Crippen molar-refractivity contribution in [2.75, 3.05) is 43.4 Å². The Kier molecular flexibility index (Phi) is 8.37. The van der Waals surface area contributed by atoms with Crippen LogP contribution in [-0.2, 0) is 0 Å². The number of hydrogen-bond acceptors (Lipinski definition) is 5. The average Bonchev–Trinajstić information content (AvgIpc) is 2.63. The lowest BCUT2D eigenvalue weighted by molar-refractivity contribution is 0.0697. The molecule has 2 N–H and O–H groups in total. The smallest absolute Gasteiger partial charge is 0.337 e. The van der Waals surface area contributed by atoms with Gasteiger partial charge in [0.15, 0.2) is 11.6 Å². The van der Waals surface area contributed by atoms with Gasteiger partial charge in [0, 0.05) is 38.1 Å². The molecule has 1 aliphatic rings. The van der Waals surface area contributed by atoms with Gasteiger partial charge in [-0.15, -0.1) is 0 Å².